The van der Waals surface area contributed by atoms with Gasteiger partial charge >= 0.3 is 6.03 Å². The Balaban J connectivity index is 1.37. The number of hydrogen-bond donors (Lipinski definition) is 3. The SMILES string of the molecule is CC(C)(C)n1nc(C2CC2)cc1C(=O)Nc1ccc(NC(=O)NCc2ccco2)cc1. The fourth-order valence-electron chi connectivity index (χ4n) is 3.24. The van der Waals surface area contributed by atoms with E-state index in [1.54, 1.807) is 47.3 Å². The molecule has 0 aliphatic heterocycles. The van der Waals surface area contributed by atoms with Crippen LogP contribution in [0.3, 0.4) is 0 Å². The summed E-state index contributed by atoms with van der Waals surface area (Å²) in [5, 5.41) is 13.1. The lowest BCUT2D eigenvalue weighted by atomic mass is 10.1. The molecule has 0 radical (unpaired) electrons. The zero-order valence-electron chi connectivity index (χ0n) is 17.9. The van der Waals surface area contributed by atoms with Crippen LogP contribution in [0, 0.1) is 0 Å². The highest BCUT2D eigenvalue weighted by Gasteiger charge is 2.31. The second-order valence-corrected chi connectivity index (χ2v) is 8.73. The van der Waals surface area contributed by atoms with E-state index in [1.807, 2.05) is 26.8 Å². The smallest absolute Gasteiger partial charge is 0.319 e. The lowest BCUT2D eigenvalue weighted by Crippen LogP contribution is -2.29. The highest BCUT2D eigenvalue weighted by Crippen LogP contribution is 2.40. The molecule has 0 bridgehead atoms. The number of carbonyl (C=O) groups is 2. The summed E-state index contributed by atoms with van der Waals surface area (Å²) >= 11 is 0. The first-order valence-electron chi connectivity index (χ1n) is 10.4. The fraction of sp³-hybridized carbons (Fsp3) is 0.348. The maximum Gasteiger partial charge on any atom is 0.319 e. The van der Waals surface area contributed by atoms with Gasteiger partial charge in [-0.05, 0) is 76.1 Å². The van der Waals surface area contributed by atoms with Crippen molar-refractivity contribution < 1.29 is 14.0 Å². The van der Waals surface area contributed by atoms with E-state index < -0.39 is 0 Å². The first-order valence-corrected chi connectivity index (χ1v) is 10.4. The lowest BCUT2D eigenvalue weighted by molar-refractivity contribution is 0.100. The Bertz CT molecular complexity index is 1060. The predicted octanol–water partition coefficient (Wildman–Crippen LogP) is 4.68. The van der Waals surface area contributed by atoms with Crippen LogP contribution in [0.2, 0.25) is 0 Å². The van der Waals surface area contributed by atoms with E-state index in [9.17, 15) is 9.59 Å². The Morgan fingerprint density at radius 2 is 1.77 bits per heavy atom. The number of nitrogens with zero attached hydrogens (tertiary/aromatic N) is 2. The minimum atomic E-state index is -0.338. The van der Waals surface area contributed by atoms with Crippen LogP contribution < -0.4 is 16.0 Å². The molecule has 162 valence electrons. The van der Waals surface area contributed by atoms with Crippen molar-refractivity contribution in [3.8, 4) is 0 Å². The van der Waals surface area contributed by atoms with Gasteiger partial charge in [0.15, 0.2) is 0 Å². The number of benzene rings is 1. The molecule has 1 aliphatic rings. The zero-order valence-corrected chi connectivity index (χ0v) is 17.9. The summed E-state index contributed by atoms with van der Waals surface area (Å²) < 4.78 is 6.98. The molecule has 0 spiro atoms. The van der Waals surface area contributed by atoms with Crippen LogP contribution >= 0.6 is 0 Å². The number of hydrogen-bond acceptors (Lipinski definition) is 4. The van der Waals surface area contributed by atoms with Crippen molar-refractivity contribution in [2.24, 2.45) is 0 Å². The molecule has 0 saturated heterocycles. The first kappa shape index (κ1) is 20.7. The number of anilines is 2. The van der Waals surface area contributed by atoms with Gasteiger partial charge in [0.1, 0.15) is 11.5 Å². The average molecular weight is 422 g/mol. The molecule has 3 N–H and O–H groups in total. The standard InChI is InChI=1S/C23H27N5O3/c1-23(2,3)28-20(13-19(27-28)15-6-7-15)21(29)25-16-8-10-17(11-9-16)26-22(30)24-14-18-5-4-12-31-18/h4-5,8-13,15H,6-7,14H2,1-3H3,(H,25,29)(H2,24,26,30). The number of amides is 3. The number of rotatable bonds is 6. The molecule has 4 rings (SSSR count). The summed E-state index contributed by atoms with van der Waals surface area (Å²) in [5.41, 5.74) is 2.50. The third-order valence-electron chi connectivity index (χ3n) is 5.00. The minimum Gasteiger partial charge on any atom is -0.467 e. The van der Waals surface area contributed by atoms with Crippen molar-refractivity contribution >= 4 is 23.3 Å². The van der Waals surface area contributed by atoms with Crippen LogP contribution in [0.5, 0.6) is 0 Å². The van der Waals surface area contributed by atoms with Crippen molar-refractivity contribution in [1.82, 2.24) is 15.1 Å². The van der Waals surface area contributed by atoms with Crippen LogP contribution in [0.4, 0.5) is 16.2 Å². The summed E-state index contributed by atoms with van der Waals surface area (Å²) in [5.74, 6) is 0.943. The third kappa shape index (κ3) is 5.14. The fourth-order valence-corrected chi connectivity index (χ4v) is 3.24. The van der Waals surface area contributed by atoms with Crippen molar-refractivity contribution in [3.63, 3.8) is 0 Å². The second kappa shape index (κ2) is 8.29. The Kier molecular flexibility index (Phi) is 5.54. The normalized spacial score (nSPS) is 13.6. The van der Waals surface area contributed by atoms with Crippen LogP contribution in [-0.4, -0.2) is 21.7 Å². The van der Waals surface area contributed by atoms with Crippen molar-refractivity contribution in [2.45, 2.75) is 51.6 Å². The Morgan fingerprint density at radius 1 is 1.10 bits per heavy atom. The van der Waals surface area contributed by atoms with Gasteiger partial charge in [0.25, 0.3) is 5.91 Å². The molecule has 1 aliphatic carbocycles. The molecule has 1 aromatic carbocycles. The molecule has 8 heteroatoms. The predicted molar refractivity (Wildman–Crippen MR) is 118 cm³/mol. The van der Waals surface area contributed by atoms with Crippen LogP contribution in [0.25, 0.3) is 0 Å². The highest BCUT2D eigenvalue weighted by molar-refractivity contribution is 6.03. The number of carbonyl (C=O) groups excluding carboxylic acids is 2. The molecular weight excluding hydrogens is 394 g/mol. The molecular formula is C23H27N5O3. The number of nitrogens with one attached hydrogen (secondary N) is 3. The maximum atomic E-state index is 12.9. The van der Waals surface area contributed by atoms with Gasteiger partial charge in [-0.15, -0.1) is 0 Å². The van der Waals surface area contributed by atoms with E-state index in [0.29, 0.717) is 35.3 Å². The third-order valence-corrected chi connectivity index (χ3v) is 5.00. The Hall–Kier alpha value is -3.55. The molecule has 3 aromatic rings. The summed E-state index contributed by atoms with van der Waals surface area (Å²) in [4.78, 5) is 24.9. The monoisotopic (exact) mass is 421 g/mol. The van der Waals surface area contributed by atoms with E-state index in [-0.39, 0.29) is 17.5 Å². The van der Waals surface area contributed by atoms with Gasteiger partial charge in [-0.1, -0.05) is 0 Å². The van der Waals surface area contributed by atoms with E-state index in [2.05, 4.69) is 21.0 Å². The summed E-state index contributed by atoms with van der Waals surface area (Å²) in [6.45, 7) is 6.40. The van der Waals surface area contributed by atoms with Gasteiger partial charge < -0.3 is 20.4 Å². The lowest BCUT2D eigenvalue weighted by Gasteiger charge is -2.22. The maximum absolute atomic E-state index is 12.9. The van der Waals surface area contributed by atoms with E-state index in [1.165, 1.54) is 0 Å². The minimum absolute atomic E-state index is 0.203. The van der Waals surface area contributed by atoms with Crippen LogP contribution in [0.15, 0.2) is 53.1 Å². The topological polar surface area (TPSA) is 101 Å². The largest absolute Gasteiger partial charge is 0.467 e. The molecule has 2 aromatic heterocycles. The van der Waals surface area contributed by atoms with Gasteiger partial charge in [0.2, 0.25) is 0 Å². The number of urea groups is 1. The first-order chi connectivity index (χ1) is 14.8. The summed E-state index contributed by atoms with van der Waals surface area (Å²) in [7, 11) is 0. The Morgan fingerprint density at radius 3 is 2.35 bits per heavy atom. The van der Waals surface area contributed by atoms with E-state index >= 15 is 0 Å². The molecule has 0 unspecified atom stereocenters. The molecule has 1 fully saturated rings. The highest BCUT2D eigenvalue weighted by atomic mass is 16.3. The van der Waals surface area contributed by atoms with Gasteiger partial charge in [-0.2, -0.15) is 5.10 Å². The van der Waals surface area contributed by atoms with Crippen LogP contribution in [0.1, 0.15) is 61.5 Å². The van der Waals surface area contributed by atoms with Crippen molar-refractivity contribution in [3.05, 3.63) is 65.9 Å². The molecule has 0 atom stereocenters. The van der Waals surface area contributed by atoms with Crippen molar-refractivity contribution in [1.29, 1.82) is 0 Å². The van der Waals surface area contributed by atoms with Gasteiger partial charge in [-0.3, -0.25) is 9.48 Å². The quantitative estimate of drug-likeness (QED) is 0.538. The molecule has 3 amide bonds. The number of furan rings is 1. The summed E-state index contributed by atoms with van der Waals surface area (Å²) in [6, 6.07) is 12.1. The molecule has 8 nitrogen and oxygen atoms in total. The van der Waals surface area contributed by atoms with E-state index in [4.69, 9.17) is 4.42 Å². The molecule has 2 heterocycles. The van der Waals surface area contributed by atoms with Gasteiger partial charge in [0, 0.05) is 17.3 Å². The second-order valence-electron chi connectivity index (χ2n) is 8.73. The molecule has 31 heavy (non-hydrogen) atoms. The van der Waals surface area contributed by atoms with Gasteiger partial charge in [0.05, 0.1) is 24.0 Å². The van der Waals surface area contributed by atoms with Crippen LogP contribution in [-0.2, 0) is 12.1 Å². The summed E-state index contributed by atoms with van der Waals surface area (Å²) in [6.07, 6.45) is 3.82. The van der Waals surface area contributed by atoms with Gasteiger partial charge in [-0.25, -0.2) is 4.79 Å². The molecule has 1 saturated carbocycles. The van der Waals surface area contributed by atoms with Crippen molar-refractivity contribution in [2.75, 3.05) is 10.6 Å². The zero-order chi connectivity index (χ0) is 22.0. The number of aromatic nitrogens is 2. The average Bonchev–Trinajstić information content (AvgIpc) is 3.25. The van der Waals surface area contributed by atoms with E-state index in [0.717, 1.165) is 18.5 Å². The Labute approximate surface area is 181 Å².